The van der Waals surface area contributed by atoms with Crippen LogP contribution in [-0.2, 0) is 19.6 Å². The number of hydrogen-bond donors (Lipinski definition) is 1. The van der Waals surface area contributed by atoms with E-state index in [2.05, 4.69) is 5.32 Å². The highest BCUT2D eigenvalue weighted by molar-refractivity contribution is 7.89. The largest absolute Gasteiger partial charge is 0.351 e. The zero-order chi connectivity index (χ0) is 19.3. The molecule has 1 N–H and O–H groups in total. The topological polar surface area (TPSA) is 86.8 Å². The molecule has 3 aliphatic rings. The number of benzene rings is 1. The molecule has 146 valence electrons. The Kier molecular flexibility index (Phi) is 4.50. The Morgan fingerprint density at radius 1 is 1.22 bits per heavy atom. The lowest BCUT2D eigenvalue weighted by Crippen LogP contribution is -2.61. The van der Waals surface area contributed by atoms with Crippen LogP contribution in [0.3, 0.4) is 0 Å². The Balaban J connectivity index is 1.47. The minimum atomic E-state index is -3.57. The second kappa shape index (κ2) is 6.60. The predicted octanol–water partition coefficient (Wildman–Crippen LogP) is 0.741. The first kappa shape index (κ1) is 18.4. The average molecular weight is 391 g/mol. The van der Waals surface area contributed by atoms with Gasteiger partial charge in [-0.3, -0.25) is 9.59 Å². The molecule has 1 aromatic carbocycles. The Labute approximate surface area is 159 Å². The molecule has 1 aliphatic carbocycles. The van der Waals surface area contributed by atoms with E-state index < -0.39 is 10.0 Å². The highest BCUT2D eigenvalue weighted by Crippen LogP contribution is 2.43. The number of amides is 2. The molecule has 4 rings (SSSR count). The Bertz CT molecular complexity index is 867. The summed E-state index contributed by atoms with van der Waals surface area (Å²) < 4.78 is 27.7. The molecule has 0 unspecified atom stereocenters. The van der Waals surface area contributed by atoms with Crippen molar-refractivity contribution < 1.29 is 18.0 Å². The van der Waals surface area contributed by atoms with Gasteiger partial charge in [-0.15, -0.1) is 0 Å². The Hall–Kier alpha value is -1.93. The molecule has 1 aromatic rings. The van der Waals surface area contributed by atoms with E-state index >= 15 is 0 Å². The standard InChI is InChI=1S/C19H25N3O4S/c1-12-3-5-15(6-4-12)27(25,26)22-8-7-13-9-16(18(13)22)20-19(24)14-10-17(23)21(2)11-14/h3-6,13-14,16,18H,7-11H2,1-2H3,(H,20,24)/t13-,14+,16+,18-/m1/s1. The van der Waals surface area contributed by atoms with Crippen molar-refractivity contribution in [3.63, 3.8) is 0 Å². The number of carbonyl (C=O) groups is 2. The van der Waals surface area contributed by atoms with Crippen molar-refractivity contribution in [1.29, 1.82) is 0 Å². The van der Waals surface area contributed by atoms with E-state index in [9.17, 15) is 18.0 Å². The summed E-state index contributed by atoms with van der Waals surface area (Å²) in [4.78, 5) is 26.1. The summed E-state index contributed by atoms with van der Waals surface area (Å²) in [5.74, 6) is -0.213. The predicted molar refractivity (Wildman–Crippen MR) is 99.3 cm³/mol. The molecular formula is C19H25N3O4S. The smallest absolute Gasteiger partial charge is 0.243 e. The summed E-state index contributed by atoms with van der Waals surface area (Å²) in [5.41, 5.74) is 1.01. The molecule has 3 fully saturated rings. The summed E-state index contributed by atoms with van der Waals surface area (Å²) in [6.45, 7) is 2.84. The van der Waals surface area contributed by atoms with Crippen molar-refractivity contribution in [1.82, 2.24) is 14.5 Å². The molecule has 0 spiro atoms. The van der Waals surface area contributed by atoms with Gasteiger partial charge in [0.1, 0.15) is 0 Å². The number of likely N-dealkylation sites (tertiary alicyclic amines) is 1. The summed E-state index contributed by atoms with van der Waals surface area (Å²) in [5, 5.41) is 3.01. The van der Waals surface area contributed by atoms with Gasteiger partial charge in [0.2, 0.25) is 21.8 Å². The van der Waals surface area contributed by atoms with Crippen LogP contribution in [0.5, 0.6) is 0 Å². The van der Waals surface area contributed by atoms with Crippen LogP contribution in [0.1, 0.15) is 24.8 Å². The molecule has 0 bridgehead atoms. The maximum absolute atomic E-state index is 13.1. The molecule has 4 atom stereocenters. The fourth-order valence-electron chi connectivity index (χ4n) is 4.51. The molecule has 0 radical (unpaired) electrons. The zero-order valence-electron chi connectivity index (χ0n) is 15.6. The summed E-state index contributed by atoms with van der Waals surface area (Å²) >= 11 is 0. The average Bonchev–Trinajstić information content (AvgIpc) is 3.13. The second-order valence-corrected chi connectivity index (χ2v) is 9.88. The summed E-state index contributed by atoms with van der Waals surface area (Å²) in [6, 6.07) is 6.53. The van der Waals surface area contributed by atoms with E-state index in [1.165, 1.54) is 0 Å². The number of rotatable bonds is 4. The number of hydrogen-bond acceptors (Lipinski definition) is 4. The SMILES string of the molecule is Cc1ccc(S(=O)(=O)N2CC[C@@H]3C[C@H](NC(=O)[C@H]4CC(=O)N(C)C4)[C@@H]32)cc1. The number of nitrogens with one attached hydrogen (secondary N) is 1. The zero-order valence-corrected chi connectivity index (χ0v) is 16.4. The molecule has 2 heterocycles. The highest BCUT2D eigenvalue weighted by atomic mass is 32.2. The van der Waals surface area contributed by atoms with Gasteiger partial charge in [0.25, 0.3) is 0 Å². The third-order valence-corrected chi connectivity index (χ3v) is 8.08. The molecule has 2 aliphatic heterocycles. The van der Waals surface area contributed by atoms with E-state index in [4.69, 9.17) is 0 Å². The van der Waals surface area contributed by atoms with E-state index in [0.29, 0.717) is 23.9 Å². The van der Waals surface area contributed by atoms with E-state index in [-0.39, 0.29) is 36.2 Å². The van der Waals surface area contributed by atoms with Gasteiger partial charge < -0.3 is 10.2 Å². The van der Waals surface area contributed by atoms with E-state index in [1.54, 1.807) is 40.5 Å². The lowest BCUT2D eigenvalue weighted by atomic mass is 9.75. The van der Waals surface area contributed by atoms with Crippen LogP contribution in [0.4, 0.5) is 0 Å². The lowest BCUT2D eigenvalue weighted by Gasteiger charge is -2.44. The normalized spacial score (nSPS) is 30.9. The van der Waals surface area contributed by atoms with Crippen molar-refractivity contribution in [2.45, 2.75) is 43.2 Å². The van der Waals surface area contributed by atoms with Gasteiger partial charge in [-0.1, -0.05) is 17.7 Å². The summed E-state index contributed by atoms with van der Waals surface area (Å²) in [7, 11) is -1.88. The van der Waals surface area contributed by atoms with Crippen molar-refractivity contribution in [3.05, 3.63) is 29.8 Å². The molecule has 2 saturated heterocycles. The van der Waals surface area contributed by atoms with Gasteiger partial charge in [0, 0.05) is 38.6 Å². The number of fused-ring (bicyclic) bond motifs is 1. The monoisotopic (exact) mass is 391 g/mol. The minimum Gasteiger partial charge on any atom is -0.351 e. The quantitative estimate of drug-likeness (QED) is 0.820. The molecule has 1 saturated carbocycles. The van der Waals surface area contributed by atoms with Crippen molar-refractivity contribution >= 4 is 21.8 Å². The molecule has 27 heavy (non-hydrogen) atoms. The highest BCUT2D eigenvalue weighted by Gasteiger charge is 2.53. The van der Waals surface area contributed by atoms with Crippen molar-refractivity contribution in [2.75, 3.05) is 20.1 Å². The minimum absolute atomic E-state index is 0.0222. The van der Waals surface area contributed by atoms with Crippen LogP contribution >= 0.6 is 0 Å². The first-order valence-corrected chi connectivity index (χ1v) is 10.8. The number of sulfonamides is 1. The first-order valence-electron chi connectivity index (χ1n) is 9.40. The lowest BCUT2D eigenvalue weighted by molar-refractivity contribution is -0.129. The Morgan fingerprint density at radius 3 is 2.56 bits per heavy atom. The van der Waals surface area contributed by atoms with Crippen LogP contribution in [0.2, 0.25) is 0 Å². The van der Waals surface area contributed by atoms with Gasteiger partial charge in [-0.25, -0.2) is 8.42 Å². The first-order chi connectivity index (χ1) is 12.8. The van der Waals surface area contributed by atoms with E-state index in [1.807, 2.05) is 6.92 Å². The van der Waals surface area contributed by atoms with Gasteiger partial charge in [0.15, 0.2) is 0 Å². The van der Waals surface area contributed by atoms with Crippen LogP contribution in [-0.4, -0.2) is 61.7 Å². The van der Waals surface area contributed by atoms with Crippen LogP contribution in [0.15, 0.2) is 29.2 Å². The van der Waals surface area contributed by atoms with Gasteiger partial charge in [-0.2, -0.15) is 4.31 Å². The Morgan fingerprint density at radius 2 is 1.93 bits per heavy atom. The molecule has 2 amide bonds. The van der Waals surface area contributed by atoms with Crippen molar-refractivity contribution in [2.24, 2.45) is 11.8 Å². The van der Waals surface area contributed by atoms with Crippen molar-refractivity contribution in [3.8, 4) is 0 Å². The molecule has 0 aromatic heterocycles. The maximum Gasteiger partial charge on any atom is 0.243 e. The van der Waals surface area contributed by atoms with Crippen LogP contribution in [0.25, 0.3) is 0 Å². The fourth-order valence-corrected chi connectivity index (χ4v) is 6.25. The number of carbonyl (C=O) groups excluding carboxylic acids is 2. The maximum atomic E-state index is 13.1. The summed E-state index contributed by atoms with van der Waals surface area (Å²) in [6.07, 6.45) is 1.86. The number of aryl methyl sites for hydroxylation is 1. The number of nitrogens with zero attached hydrogens (tertiary/aromatic N) is 2. The van der Waals surface area contributed by atoms with Gasteiger partial charge in [0.05, 0.1) is 10.8 Å². The molecule has 8 heteroatoms. The fraction of sp³-hybridized carbons (Fsp3) is 0.579. The second-order valence-electron chi connectivity index (χ2n) is 7.99. The third-order valence-electron chi connectivity index (χ3n) is 6.17. The molecular weight excluding hydrogens is 366 g/mol. The van der Waals surface area contributed by atoms with E-state index in [0.717, 1.165) is 18.4 Å². The van der Waals surface area contributed by atoms with Crippen LogP contribution < -0.4 is 5.32 Å². The van der Waals surface area contributed by atoms with Crippen LogP contribution in [0, 0.1) is 18.8 Å². The third kappa shape index (κ3) is 3.14. The molecule has 7 nitrogen and oxygen atoms in total. The van der Waals surface area contributed by atoms with Gasteiger partial charge in [-0.05, 0) is 37.8 Å². The van der Waals surface area contributed by atoms with Gasteiger partial charge >= 0.3 is 0 Å².